The van der Waals surface area contributed by atoms with Crippen molar-refractivity contribution in [3.05, 3.63) is 59.2 Å². The van der Waals surface area contributed by atoms with Gasteiger partial charge in [0.25, 0.3) is 0 Å². The van der Waals surface area contributed by atoms with Gasteiger partial charge in [0, 0.05) is 11.1 Å². The van der Waals surface area contributed by atoms with Crippen LogP contribution in [0, 0.1) is 6.92 Å². The second kappa shape index (κ2) is 5.65. The summed E-state index contributed by atoms with van der Waals surface area (Å²) in [4.78, 5) is 0. The van der Waals surface area contributed by atoms with Crippen LogP contribution in [0.15, 0.2) is 42.5 Å². The summed E-state index contributed by atoms with van der Waals surface area (Å²) in [6, 6.07) is 14.5. The number of para-hydroxylation sites is 1. The van der Waals surface area contributed by atoms with Crippen molar-refractivity contribution in [2.75, 3.05) is 13.2 Å². The van der Waals surface area contributed by atoms with Crippen LogP contribution >= 0.6 is 0 Å². The Hall–Kier alpha value is -2.22. The van der Waals surface area contributed by atoms with Crippen molar-refractivity contribution >= 4 is 11.1 Å². The van der Waals surface area contributed by atoms with Crippen LogP contribution in [0.1, 0.15) is 30.5 Å². The SMILES string of the molecule is C/C1=C(\C)c2cc(C)ccc2OCCOc2ccccc21. The zero-order valence-corrected chi connectivity index (χ0v) is 12.8. The summed E-state index contributed by atoms with van der Waals surface area (Å²) in [5.74, 6) is 1.86. The second-order valence-electron chi connectivity index (χ2n) is 5.44. The largest absolute Gasteiger partial charge is 0.489 e. The molecular weight excluding hydrogens is 260 g/mol. The van der Waals surface area contributed by atoms with Crippen LogP contribution in [0.2, 0.25) is 0 Å². The van der Waals surface area contributed by atoms with Gasteiger partial charge >= 0.3 is 0 Å². The van der Waals surface area contributed by atoms with E-state index in [1.54, 1.807) is 0 Å². The fraction of sp³-hybridized carbons (Fsp3) is 0.263. The van der Waals surface area contributed by atoms with Gasteiger partial charge in [-0.3, -0.25) is 0 Å². The minimum atomic E-state index is 0.552. The van der Waals surface area contributed by atoms with Gasteiger partial charge in [0.15, 0.2) is 0 Å². The number of hydrogen-bond acceptors (Lipinski definition) is 2. The lowest BCUT2D eigenvalue weighted by Gasteiger charge is -2.19. The molecule has 0 aliphatic carbocycles. The first-order chi connectivity index (χ1) is 10.2. The maximum atomic E-state index is 5.89. The third kappa shape index (κ3) is 2.66. The van der Waals surface area contributed by atoms with Gasteiger partial charge in [0.2, 0.25) is 0 Å². The Bertz CT molecular complexity index is 698. The molecule has 1 heterocycles. The summed E-state index contributed by atoms with van der Waals surface area (Å²) in [6.07, 6.45) is 0. The van der Waals surface area contributed by atoms with Gasteiger partial charge in [-0.1, -0.05) is 29.8 Å². The summed E-state index contributed by atoms with van der Waals surface area (Å²) < 4.78 is 11.8. The summed E-state index contributed by atoms with van der Waals surface area (Å²) in [7, 11) is 0. The summed E-state index contributed by atoms with van der Waals surface area (Å²) in [6.45, 7) is 7.51. The minimum Gasteiger partial charge on any atom is -0.489 e. The molecule has 0 N–H and O–H groups in total. The van der Waals surface area contributed by atoms with E-state index >= 15 is 0 Å². The molecule has 0 bridgehead atoms. The minimum absolute atomic E-state index is 0.552. The predicted molar refractivity (Wildman–Crippen MR) is 86.8 cm³/mol. The zero-order valence-electron chi connectivity index (χ0n) is 12.8. The molecule has 0 unspecified atom stereocenters. The number of ether oxygens (including phenoxy) is 2. The van der Waals surface area contributed by atoms with Gasteiger partial charge in [0.1, 0.15) is 24.7 Å². The van der Waals surface area contributed by atoms with E-state index in [1.165, 1.54) is 22.3 Å². The molecule has 2 aromatic carbocycles. The average Bonchev–Trinajstić information content (AvgIpc) is 2.51. The van der Waals surface area contributed by atoms with E-state index in [9.17, 15) is 0 Å². The normalized spacial score (nSPS) is 18.0. The summed E-state index contributed by atoms with van der Waals surface area (Å²) in [5, 5.41) is 0. The third-order valence-corrected chi connectivity index (χ3v) is 3.99. The Labute approximate surface area is 126 Å². The molecule has 1 aliphatic rings. The zero-order chi connectivity index (χ0) is 14.8. The Morgan fingerprint density at radius 2 is 1.33 bits per heavy atom. The molecule has 21 heavy (non-hydrogen) atoms. The molecule has 0 spiro atoms. The van der Waals surface area contributed by atoms with Crippen LogP contribution in [-0.4, -0.2) is 13.2 Å². The number of hydrogen-bond donors (Lipinski definition) is 0. The molecule has 108 valence electrons. The van der Waals surface area contributed by atoms with Gasteiger partial charge in [-0.05, 0) is 50.1 Å². The fourth-order valence-electron chi connectivity index (χ4n) is 2.67. The molecular formula is C19H20O2. The van der Waals surface area contributed by atoms with Crippen LogP contribution in [0.4, 0.5) is 0 Å². The smallest absolute Gasteiger partial charge is 0.126 e. The van der Waals surface area contributed by atoms with Crippen LogP contribution in [0.5, 0.6) is 11.5 Å². The second-order valence-corrected chi connectivity index (χ2v) is 5.44. The highest BCUT2D eigenvalue weighted by molar-refractivity contribution is 5.92. The lowest BCUT2D eigenvalue weighted by atomic mass is 9.94. The Kier molecular flexibility index (Phi) is 3.70. The Balaban J connectivity index is 2.22. The van der Waals surface area contributed by atoms with Crippen LogP contribution < -0.4 is 9.47 Å². The number of benzene rings is 2. The molecule has 2 heteroatoms. The van der Waals surface area contributed by atoms with Crippen molar-refractivity contribution in [1.82, 2.24) is 0 Å². The monoisotopic (exact) mass is 280 g/mol. The molecule has 0 radical (unpaired) electrons. The van der Waals surface area contributed by atoms with Crippen molar-refractivity contribution in [2.45, 2.75) is 20.8 Å². The van der Waals surface area contributed by atoms with Crippen LogP contribution in [0.3, 0.4) is 0 Å². The number of allylic oxidation sites excluding steroid dienone is 2. The number of fused-ring (bicyclic) bond motifs is 2. The van der Waals surface area contributed by atoms with E-state index in [0.29, 0.717) is 13.2 Å². The summed E-state index contributed by atoms with van der Waals surface area (Å²) in [5.41, 5.74) is 6.02. The number of rotatable bonds is 0. The topological polar surface area (TPSA) is 18.5 Å². The molecule has 0 saturated carbocycles. The van der Waals surface area contributed by atoms with Gasteiger partial charge in [-0.25, -0.2) is 0 Å². The van der Waals surface area contributed by atoms with E-state index < -0.39 is 0 Å². The van der Waals surface area contributed by atoms with E-state index in [1.807, 2.05) is 12.1 Å². The lowest BCUT2D eigenvalue weighted by molar-refractivity contribution is 0.216. The molecule has 0 amide bonds. The molecule has 3 rings (SSSR count). The van der Waals surface area contributed by atoms with Crippen molar-refractivity contribution in [3.8, 4) is 11.5 Å². The van der Waals surface area contributed by atoms with E-state index in [0.717, 1.165) is 17.1 Å². The maximum Gasteiger partial charge on any atom is 0.126 e. The van der Waals surface area contributed by atoms with Crippen LogP contribution in [0.25, 0.3) is 11.1 Å². The molecule has 0 fully saturated rings. The summed E-state index contributed by atoms with van der Waals surface area (Å²) >= 11 is 0. The molecule has 0 saturated heterocycles. The Morgan fingerprint density at radius 3 is 2.10 bits per heavy atom. The first-order valence-electron chi connectivity index (χ1n) is 7.30. The third-order valence-electron chi connectivity index (χ3n) is 3.99. The first-order valence-corrected chi connectivity index (χ1v) is 7.30. The quantitative estimate of drug-likeness (QED) is 0.695. The average molecular weight is 280 g/mol. The maximum absolute atomic E-state index is 5.89. The van der Waals surface area contributed by atoms with Gasteiger partial charge < -0.3 is 9.47 Å². The number of aryl methyl sites for hydroxylation is 1. The highest BCUT2D eigenvalue weighted by Gasteiger charge is 2.14. The lowest BCUT2D eigenvalue weighted by Crippen LogP contribution is -2.12. The van der Waals surface area contributed by atoms with Gasteiger partial charge in [0.05, 0.1) is 0 Å². The van der Waals surface area contributed by atoms with E-state index in [4.69, 9.17) is 9.47 Å². The highest BCUT2D eigenvalue weighted by Crippen LogP contribution is 2.36. The van der Waals surface area contributed by atoms with Crippen molar-refractivity contribution in [3.63, 3.8) is 0 Å². The van der Waals surface area contributed by atoms with E-state index in [-0.39, 0.29) is 0 Å². The molecule has 2 aromatic rings. The molecule has 0 aromatic heterocycles. The fourth-order valence-corrected chi connectivity index (χ4v) is 2.67. The Morgan fingerprint density at radius 1 is 0.714 bits per heavy atom. The predicted octanol–water partition coefficient (Wildman–Crippen LogP) is 4.72. The molecule has 1 aliphatic heterocycles. The van der Waals surface area contributed by atoms with Crippen molar-refractivity contribution < 1.29 is 9.47 Å². The first kappa shape index (κ1) is 13.7. The van der Waals surface area contributed by atoms with Gasteiger partial charge in [-0.15, -0.1) is 0 Å². The van der Waals surface area contributed by atoms with Crippen molar-refractivity contribution in [2.24, 2.45) is 0 Å². The van der Waals surface area contributed by atoms with Crippen molar-refractivity contribution in [1.29, 1.82) is 0 Å². The van der Waals surface area contributed by atoms with Crippen LogP contribution in [-0.2, 0) is 0 Å². The van der Waals surface area contributed by atoms with Gasteiger partial charge in [-0.2, -0.15) is 0 Å². The molecule has 0 atom stereocenters. The molecule has 2 nitrogen and oxygen atoms in total. The highest BCUT2D eigenvalue weighted by atomic mass is 16.5. The van der Waals surface area contributed by atoms with E-state index in [2.05, 4.69) is 51.1 Å². The standard InChI is InChI=1S/C19H20O2/c1-13-8-9-19-17(12-13)15(3)14(2)16-6-4-5-7-18(16)20-10-11-21-19/h4-9,12H,10-11H2,1-3H3/b15-14-.